The van der Waals surface area contributed by atoms with Gasteiger partial charge in [-0.3, -0.25) is 0 Å². The molecule has 0 radical (unpaired) electrons. The van der Waals surface area contributed by atoms with Crippen molar-refractivity contribution in [1.29, 1.82) is 0 Å². The van der Waals surface area contributed by atoms with Gasteiger partial charge in [0.25, 0.3) is 0 Å². The van der Waals surface area contributed by atoms with Crippen LogP contribution in [0.2, 0.25) is 0 Å². The smallest absolute Gasteiger partial charge is 0.0654 e. The Bertz CT molecular complexity index is 684. The third-order valence-electron chi connectivity index (χ3n) is 12.9. The topological polar surface area (TPSA) is 72.3 Å². The lowest BCUT2D eigenvalue weighted by Crippen LogP contribution is -2.61. The van der Waals surface area contributed by atoms with Crippen molar-refractivity contribution in [3.63, 3.8) is 0 Å². The Morgan fingerprint density at radius 3 is 1.11 bits per heavy atom. The highest BCUT2D eigenvalue weighted by atomic mass is 16.3. The molecule has 0 heterocycles. The molecule has 0 rings (SSSR count). The highest BCUT2D eigenvalue weighted by Crippen LogP contribution is 2.61. The molecular weight excluding hydrogens is 440 g/mol. The van der Waals surface area contributed by atoms with Crippen molar-refractivity contribution in [3.8, 4) is 0 Å². The molecule has 0 aliphatic carbocycles. The van der Waals surface area contributed by atoms with E-state index in [9.17, 15) is 5.11 Å². The van der Waals surface area contributed by atoms with Crippen LogP contribution in [-0.2, 0) is 0 Å². The van der Waals surface area contributed by atoms with E-state index in [0.29, 0.717) is 0 Å². The number of hydrogen-bond acceptors (Lipinski definition) is 3. The second kappa shape index (κ2) is 11.5. The third-order valence-corrected chi connectivity index (χ3v) is 12.9. The Morgan fingerprint density at radius 1 is 0.500 bits per heavy atom. The maximum Gasteiger partial charge on any atom is 0.0654 e. The van der Waals surface area contributed by atoms with E-state index < -0.39 is 6.10 Å². The largest absolute Gasteiger partial charge is 0.392 e. The van der Waals surface area contributed by atoms with Gasteiger partial charge >= 0.3 is 0 Å². The Hall–Kier alpha value is -0.120. The minimum absolute atomic E-state index is 0.0412. The molecule has 0 bridgehead atoms. The van der Waals surface area contributed by atoms with Crippen LogP contribution in [0, 0.1) is 32.5 Å². The summed E-state index contributed by atoms with van der Waals surface area (Å²) in [4.78, 5) is 0. The minimum atomic E-state index is -0.465. The molecule has 0 spiro atoms. The molecule has 0 saturated heterocycles. The summed E-state index contributed by atoms with van der Waals surface area (Å²) in [7, 11) is 0. The summed E-state index contributed by atoms with van der Waals surface area (Å²) in [5, 5.41) is 12.5. The Morgan fingerprint density at radius 2 is 0.833 bits per heavy atom. The van der Waals surface area contributed by atoms with Crippen molar-refractivity contribution in [2.75, 3.05) is 0 Å². The van der Waals surface area contributed by atoms with E-state index in [1.54, 1.807) is 0 Å². The third kappa shape index (κ3) is 6.04. The monoisotopic (exact) mass is 511 g/mol. The van der Waals surface area contributed by atoms with Crippen molar-refractivity contribution in [3.05, 3.63) is 0 Å². The molecule has 3 nitrogen and oxygen atoms in total. The first kappa shape index (κ1) is 35.9. The first-order valence-electron chi connectivity index (χ1n) is 15.2. The maximum atomic E-state index is 12.5. The molecule has 0 amide bonds. The lowest BCUT2D eigenvalue weighted by Gasteiger charge is -2.61. The lowest BCUT2D eigenvalue weighted by atomic mass is 9.46. The lowest BCUT2D eigenvalue weighted by molar-refractivity contribution is -0.171. The molecule has 0 aliphatic rings. The zero-order valence-corrected chi connectivity index (χ0v) is 27.8. The number of hydrogen-bond donors (Lipinski definition) is 3. The van der Waals surface area contributed by atoms with Crippen molar-refractivity contribution in [2.24, 2.45) is 44.0 Å². The van der Waals surface area contributed by atoms with Crippen LogP contribution in [0.4, 0.5) is 0 Å². The fourth-order valence-corrected chi connectivity index (χ4v) is 7.92. The predicted octanol–water partition coefficient (Wildman–Crippen LogP) is 9.10. The van der Waals surface area contributed by atoms with Gasteiger partial charge < -0.3 is 16.6 Å². The Labute approximate surface area is 228 Å². The van der Waals surface area contributed by atoms with E-state index in [0.717, 1.165) is 51.4 Å². The summed E-state index contributed by atoms with van der Waals surface area (Å²) in [6.07, 6.45) is 7.29. The van der Waals surface area contributed by atoms with Crippen LogP contribution >= 0.6 is 0 Å². The van der Waals surface area contributed by atoms with Crippen LogP contribution in [0.15, 0.2) is 0 Å². The van der Waals surface area contributed by atoms with Crippen LogP contribution < -0.4 is 11.5 Å². The number of nitrogens with two attached hydrogens (primary N) is 2. The van der Waals surface area contributed by atoms with E-state index in [1.807, 2.05) is 0 Å². The fourth-order valence-electron chi connectivity index (χ4n) is 7.92. The Kier molecular flexibility index (Phi) is 11.5. The molecule has 0 aromatic carbocycles. The average Bonchev–Trinajstić information content (AvgIpc) is 2.79. The fraction of sp³-hybridized carbons (Fsp3) is 1.00. The summed E-state index contributed by atoms with van der Waals surface area (Å²) < 4.78 is 0. The molecule has 0 aromatic heterocycles. The van der Waals surface area contributed by atoms with Crippen molar-refractivity contribution < 1.29 is 5.11 Å². The molecule has 0 aromatic rings. The molecule has 0 saturated carbocycles. The van der Waals surface area contributed by atoms with Crippen molar-refractivity contribution in [1.82, 2.24) is 0 Å². The molecule has 0 fully saturated rings. The van der Waals surface area contributed by atoms with Gasteiger partial charge in [-0.1, -0.05) is 117 Å². The quantitative estimate of drug-likeness (QED) is 0.194. The van der Waals surface area contributed by atoms with Gasteiger partial charge in [0.2, 0.25) is 0 Å². The molecule has 3 atom stereocenters. The first-order chi connectivity index (χ1) is 15.9. The molecule has 36 heavy (non-hydrogen) atoms. The van der Waals surface area contributed by atoms with Crippen LogP contribution in [0.1, 0.15) is 162 Å². The number of rotatable bonds is 16. The van der Waals surface area contributed by atoms with E-state index in [1.165, 1.54) is 0 Å². The highest BCUT2D eigenvalue weighted by Gasteiger charge is 2.58. The summed E-state index contributed by atoms with van der Waals surface area (Å²) in [5.41, 5.74) is 12.7. The van der Waals surface area contributed by atoms with Gasteiger partial charge in [-0.25, -0.2) is 0 Å². The van der Waals surface area contributed by atoms with Crippen LogP contribution in [0.5, 0.6) is 0 Å². The van der Waals surface area contributed by atoms with E-state index >= 15 is 0 Å². The van der Waals surface area contributed by atoms with E-state index in [-0.39, 0.29) is 43.6 Å². The summed E-state index contributed by atoms with van der Waals surface area (Å²) in [6, 6.07) is 0. The SMILES string of the molecule is CCC(C)(CC(C)(C)C(N)(CC)CC)C(C)(CC)C(O)C(C)(C)C(C)(C)CC(C)(C)C(N)(CC)CC. The van der Waals surface area contributed by atoms with Crippen LogP contribution in [-0.4, -0.2) is 22.3 Å². The van der Waals surface area contributed by atoms with Gasteiger partial charge in [0.1, 0.15) is 0 Å². The molecule has 3 unspecified atom stereocenters. The van der Waals surface area contributed by atoms with Crippen LogP contribution in [0.3, 0.4) is 0 Å². The van der Waals surface area contributed by atoms with E-state index in [2.05, 4.69) is 111 Å². The standard InChI is InChI=1S/C33H70N2O/c1-17-30(15,24-28(11,12)33(35,21-5)22-6)31(16,18-2)25(36)29(13,14)26(7,8)23-27(9,10)32(34,19-3)20-4/h25,36H,17-24,34-35H2,1-16H3. The Balaban J connectivity index is 6.58. The normalized spacial score (nSPS) is 19.1. The maximum absolute atomic E-state index is 12.5. The van der Waals surface area contributed by atoms with Gasteiger partial charge in [-0.15, -0.1) is 0 Å². The molecule has 5 N–H and O–H groups in total. The van der Waals surface area contributed by atoms with Gasteiger partial charge in [-0.05, 0) is 77.4 Å². The molecule has 0 aliphatic heterocycles. The average molecular weight is 511 g/mol. The van der Waals surface area contributed by atoms with Gasteiger partial charge in [0.15, 0.2) is 0 Å². The number of aliphatic hydroxyl groups is 1. The van der Waals surface area contributed by atoms with Gasteiger partial charge in [0, 0.05) is 11.1 Å². The summed E-state index contributed by atoms with van der Waals surface area (Å²) in [6.45, 7) is 36.9. The highest BCUT2D eigenvalue weighted by molar-refractivity contribution is 5.09. The van der Waals surface area contributed by atoms with Crippen molar-refractivity contribution >= 4 is 0 Å². The first-order valence-corrected chi connectivity index (χ1v) is 15.2. The zero-order valence-electron chi connectivity index (χ0n) is 27.8. The van der Waals surface area contributed by atoms with E-state index in [4.69, 9.17) is 11.5 Å². The summed E-state index contributed by atoms with van der Waals surface area (Å²) in [5.74, 6) is 0. The van der Waals surface area contributed by atoms with Crippen LogP contribution in [0.25, 0.3) is 0 Å². The number of aliphatic hydroxyl groups excluding tert-OH is 1. The van der Waals surface area contributed by atoms with Gasteiger partial charge in [-0.2, -0.15) is 0 Å². The summed E-state index contributed by atoms with van der Waals surface area (Å²) >= 11 is 0. The zero-order chi connectivity index (χ0) is 29.2. The second-order valence-corrected chi connectivity index (χ2v) is 15.5. The molecular formula is C33H70N2O. The molecule has 218 valence electrons. The predicted molar refractivity (Wildman–Crippen MR) is 162 cm³/mol. The van der Waals surface area contributed by atoms with Gasteiger partial charge in [0.05, 0.1) is 6.10 Å². The molecule has 3 heteroatoms. The van der Waals surface area contributed by atoms with Crippen molar-refractivity contribution in [2.45, 2.75) is 179 Å². The minimum Gasteiger partial charge on any atom is -0.392 e. The second-order valence-electron chi connectivity index (χ2n) is 15.5.